The summed E-state index contributed by atoms with van der Waals surface area (Å²) in [5, 5.41) is 9.37. The van der Waals surface area contributed by atoms with Crippen molar-refractivity contribution in [3.05, 3.63) is 82.7 Å². The number of carbonyl (C=O) groups is 1. The summed E-state index contributed by atoms with van der Waals surface area (Å²) in [4.78, 5) is 17.4. The number of fused-ring (bicyclic) bond motifs is 1. The van der Waals surface area contributed by atoms with Gasteiger partial charge >= 0.3 is 6.18 Å². The van der Waals surface area contributed by atoms with Crippen molar-refractivity contribution in [2.75, 3.05) is 51.4 Å². The molecule has 0 unspecified atom stereocenters. The number of nitriles is 1. The number of morpholine rings is 1. The fraction of sp³-hybridized carbons (Fsp3) is 0.267. The number of carbonyl (C=O) groups excluding carboxylic acids is 1. The number of anilines is 1. The molecule has 11 heteroatoms. The summed E-state index contributed by atoms with van der Waals surface area (Å²) in [6.07, 6.45) is -2.98. The summed E-state index contributed by atoms with van der Waals surface area (Å²) >= 11 is 0. The summed E-state index contributed by atoms with van der Waals surface area (Å²) in [6, 6.07) is 13.3. The molecule has 41 heavy (non-hydrogen) atoms. The van der Waals surface area contributed by atoms with Crippen LogP contribution in [0.1, 0.15) is 22.3 Å². The largest absolute Gasteiger partial charge is 0.493 e. The first-order valence-electron chi connectivity index (χ1n) is 12.8. The molecule has 0 atom stereocenters. The molecule has 212 valence electrons. The SMILES string of the molecule is COc1cc(C=C2C(=O)N(CCN3CCOCC3)c3ccc(F)cc32)ccc1Oc1ccc(C(F)(F)F)cc1C#N. The molecule has 0 saturated carbocycles. The molecule has 2 aliphatic rings. The highest BCUT2D eigenvalue weighted by molar-refractivity contribution is 6.35. The van der Waals surface area contributed by atoms with Crippen molar-refractivity contribution in [3.8, 4) is 23.3 Å². The van der Waals surface area contributed by atoms with Gasteiger partial charge < -0.3 is 19.1 Å². The third-order valence-corrected chi connectivity index (χ3v) is 6.90. The Bertz CT molecular complexity index is 1540. The van der Waals surface area contributed by atoms with Crippen LogP contribution in [-0.4, -0.2) is 57.3 Å². The van der Waals surface area contributed by atoms with Crippen molar-refractivity contribution < 1.29 is 36.6 Å². The first-order chi connectivity index (χ1) is 19.7. The lowest BCUT2D eigenvalue weighted by Gasteiger charge is -2.28. The van der Waals surface area contributed by atoms with E-state index in [0.717, 1.165) is 25.2 Å². The van der Waals surface area contributed by atoms with Crippen LogP contribution < -0.4 is 14.4 Å². The van der Waals surface area contributed by atoms with E-state index in [1.165, 1.54) is 25.3 Å². The predicted octanol–water partition coefficient (Wildman–Crippen LogP) is 5.74. The van der Waals surface area contributed by atoms with Gasteiger partial charge in [-0.3, -0.25) is 9.69 Å². The van der Waals surface area contributed by atoms with Crippen molar-refractivity contribution in [2.24, 2.45) is 0 Å². The van der Waals surface area contributed by atoms with Gasteiger partial charge in [-0.15, -0.1) is 0 Å². The van der Waals surface area contributed by atoms with Crippen LogP contribution in [0.2, 0.25) is 0 Å². The number of nitrogens with zero attached hydrogens (tertiary/aromatic N) is 3. The molecule has 0 spiro atoms. The lowest BCUT2D eigenvalue weighted by molar-refractivity contribution is -0.137. The van der Waals surface area contributed by atoms with E-state index in [4.69, 9.17) is 14.2 Å². The fourth-order valence-corrected chi connectivity index (χ4v) is 4.78. The molecule has 7 nitrogen and oxygen atoms in total. The molecule has 0 aliphatic carbocycles. The number of ether oxygens (including phenoxy) is 3. The third kappa shape index (κ3) is 6.04. The first kappa shape index (κ1) is 28.1. The van der Waals surface area contributed by atoms with Gasteiger partial charge in [0.15, 0.2) is 11.5 Å². The summed E-state index contributed by atoms with van der Waals surface area (Å²) in [7, 11) is 1.38. The van der Waals surface area contributed by atoms with Crippen molar-refractivity contribution >= 4 is 23.2 Å². The van der Waals surface area contributed by atoms with Crippen LogP contribution in [0.3, 0.4) is 0 Å². The van der Waals surface area contributed by atoms with Gasteiger partial charge in [0.1, 0.15) is 17.6 Å². The van der Waals surface area contributed by atoms with Crippen molar-refractivity contribution in [2.45, 2.75) is 6.18 Å². The van der Waals surface area contributed by atoms with E-state index in [2.05, 4.69) is 4.90 Å². The second-order valence-electron chi connectivity index (χ2n) is 9.46. The molecule has 0 radical (unpaired) electrons. The average Bonchev–Trinajstić information content (AvgIpc) is 3.22. The zero-order valence-electron chi connectivity index (χ0n) is 22.0. The maximum atomic E-state index is 14.2. The number of halogens is 4. The fourth-order valence-electron chi connectivity index (χ4n) is 4.78. The average molecular weight is 568 g/mol. The molecular weight excluding hydrogens is 542 g/mol. The van der Waals surface area contributed by atoms with E-state index in [1.54, 1.807) is 35.2 Å². The smallest absolute Gasteiger partial charge is 0.416 e. The maximum absolute atomic E-state index is 14.2. The minimum absolute atomic E-state index is 0.0730. The standard InChI is InChI=1S/C30H25F4N3O4/c1-39-28-15-19(2-6-27(28)41-26-7-3-21(30(32,33)34)16-20(26)18-35)14-24-23-17-22(31)4-5-25(23)37(29(24)38)9-8-36-10-12-40-13-11-36/h2-7,14-17H,8-13H2,1H3. The quantitative estimate of drug-likeness (QED) is 0.268. The van der Waals surface area contributed by atoms with E-state index < -0.39 is 17.6 Å². The molecular formula is C30H25F4N3O4. The second-order valence-corrected chi connectivity index (χ2v) is 9.46. The highest BCUT2D eigenvalue weighted by Crippen LogP contribution is 2.40. The number of benzene rings is 3. The number of hydrogen-bond acceptors (Lipinski definition) is 6. The Balaban J connectivity index is 1.42. The molecule has 0 bridgehead atoms. The first-order valence-corrected chi connectivity index (χ1v) is 12.8. The van der Waals surface area contributed by atoms with Crippen LogP contribution in [0.5, 0.6) is 17.2 Å². The molecule has 0 aromatic heterocycles. The highest BCUT2D eigenvalue weighted by atomic mass is 19.4. The zero-order valence-corrected chi connectivity index (χ0v) is 22.0. The van der Waals surface area contributed by atoms with Gasteiger partial charge in [0.25, 0.3) is 5.91 Å². The summed E-state index contributed by atoms with van der Waals surface area (Å²) in [6.45, 7) is 3.90. The van der Waals surface area contributed by atoms with Crippen molar-refractivity contribution in [1.29, 1.82) is 5.26 Å². The number of rotatable bonds is 7. The van der Waals surface area contributed by atoms with E-state index in [0.29, 0.717) is 54.8 Å². The highest BCUT2D eigenvalue weighted by Gasteiger charge is 2.33. The molecule has 1 fully saturated rings. The summed E-state index contributed by atoms with van der Waals surface area (Å²) < 4.78 is 70.0. The predicted molar refractivity (Wildman–Crippen MR) is 143 cm³/mol. The van der Waals surface area contributed by atoms with Gasteiger partial charge in [-0.05, 0) is 60.2 Å². The second kappa shape index (κ2) is 11.6. The Hall–Kier alpha value is -4.40. The Morgan fingerprint density at radius 2 is 1.76 bits per heavy atom. The Morgan fingerprint density at radius 1 is 1.00 bits per heavy atom. The molecule has 2 heterocycles. The topological polar surface area (TPSA) is 75.0 Å². The van der Waals surface area contributed by atoms with E-state index in [1.807, 2.05) is 0 Å². The number of methoxy groups -OCH3 is 1. The molecule has 3 aromatic rings. The van der Waals surface area contributed by atoms with Gasteiger partial charge in [0.05, 0.1) is 37.1 Å². The molecule has 1 saturated heterocycles. The van der Waals surface area contributed by atoms with Gasteiger partial charge in [-0.1, -0.05) is 6.07 Å². The van der Waals surface area contributed by atoms with Crippen LogP contribution >= 0.6 is 0 Å². The van der Waals surface area contributed by atoms with Crippen LogP contribution in [0, 0.1) is 17.1 Å². The Kier molecular flexibility index (Phi) is 7.97. The monoisotopic (exact) mass is 567 g/mol. The Morgan fingerprint density at radius 3 is 2.46 bits per heavy atom. The lowest BCUT2D eigenvalue weighted by Crippen LogP contribution is -2.42. The maximum Gasteiger partial charge on any atom is 0.416 e. The number of alkyl halides is 3. The Labute approximate surface area is 233 Å². The van der Waals surface area contributed by atoms with Gasteiger partial charge in [-0.2, -0.15) is 18.4 Å². The third-order valence-electron chi connectivity index (χ3n) is 6.90. The number of amides is 1. The van der Waals surface area contributed by atoms with Gasteiger partial charge in [0.2, 0.25) is 0 Å². The van der Waals surface area contributed by atoms with Crippen LogP contribution in [0.25, 0.3) is 11.6 Å². The van der Waals surface area contributed by atoms with Crippen LogP contribution in [-0.2, 0) is 15.7 Å². The summed E-state index contributed by atoms with van der Waals surface area (Å²) in [5.41, 5.74) is 0.698. The number of hydrogen-bond donors (Lipinski definition) is 0. The van der Waals surface area contributed by atoms with Gasteiger partial charge in [0, 0.05) is 37.3 Å². The zero-order chi connectivity index (χ0) is 29.1. The molecule has 5 rings (SSSR count). The van der Waals surface area contributed by atoms with Crippen molar-refractivity contribution in [1.82, 2.24) is 4.90 Å². The van der Waals surface area contributed by atoms with Crippen LogP contribution in [0.15, 0.2) is 54.6 Å². The van der Waals surface area contributed by atoms with E-state index in [-0.39, 0.29) is 28.7 Å². The van der Waals surface area contributed by atoms with E-state index in [9.17, 15) is 27.6 Å². The normalized spacial score (nSPS) is 16.5. The molecule has 2 aliphatic heterocycles. The van der Waals surface area contributed by atoms with E-state index >= 15 is 0 Å². The summed E-state index contributed by atoms with van der Waals surface area (Å²) in [5.74, 6) is -0.430. The van der Waals surface area contributed by atoms with Gasteiger partial charge in [-0.25, -0.2) is 4.39 Å². The lowest BCUT2D eigenvalue weighted by atomic mass is 10.0. The van der Waals surface area contributed by atoms with Crippen molar-refractivity contribution in [3.63, 3.8) is 0 Å². The minimum atomic E-state index is -4.60. The van der Waals surface area contributed by atoms with Crippen LogP contribution in [0.4, 0.5) is 23.2 Å². The minimum Gasteiger partial charge on any atom is -0.493 e. The molecule has 1 amide bonds. The molecule has 0 N–H and O–H groups in total. The molecule has 3 aromatic carbocycles.